The largest absolute Gasteiger partial charge is 0.484 e. The third-order valence-corrected chi connectivity index (χ3v) is 7.15. The van der Waals surface area contributed by atoms with Crippen LogP contribution in [-0.4, -0.2) is 25.6 Å². The van der Waals surface area contributed by atoms with Gasteiger partial charge in [-0.1, -0.05) is 26.8 Å². The van der Waals surface area contributed by atoms with Gasteiger partial charge >= 0.3 is 5.97 Å². The van der Waals surface area contributed by atoms with Crippen molar-refractivity contribution in [2.45, 2.75) is 53.9 Å². The number of esters is 1. The summed E-state index contributed by atoms with van der Waals surface area (Å²) in [6.45, 7) is 10.7. The summed E-state index contributed by atoms with van der Waals surface area (Å²) in [6.07, 6.45) is 2.77. The summed E-state index contributed by atoms with van der Waals surface area (Å²) in [5.41, 5.74) is 4.02. The third-order valence-electron chi connectivity index (χ3n) is 5.98. The second-order valence-electron chi connectivity index (χ2n) is 9.09. The van der Waals surface area contributed by atoms with Crippen LogP contribution in [0.3, 0.4) is 0 Å². The molecule has 0 aliphatic heterocycles. The molecule has 5 nitrogen and oxygen atoms in total. The zero-order chi connectivity index (χ0) is 22.1. The van der Waals surface area contributed by atoms with Crippen molar-refractivity contribution in [1.82, 2.24) is 0 Å². The predicted molar refractivity (Wildman–Crippen MR) is 121 cm³/mol. The molecule has 3 rings (SSSR count). The fraction of sp³-hybridized carbons (Fsp3) is 0.500. The smallest absolute Gasteiger partial charge is 0.341 e. The third kappa shape index (κ3) is 4.86. The molecule has 6 heteroatoms. The van der Waals surface area contributed by atoms with Crippen LogP contribution in [0.4, 0.5) is 5.00 Å². The molecule has 2 aromatic rings. The van der Waals surface area contributed by atoms with Gasteiger partial charge in [-0.15, -0.1) is 11.3 Å². The lowest BCUT2D eigenvalue weighted by atomic mass is 9.72. The highest BCUT2D eigenvalue weighted by Crippen LogP contribution is 2.44. The number of thiophene rings is 1. The normalized spacial score (nSPS) is 16.0. The molecule has 1 N–H and O–H groups in total. The van der Waals surface area contributed by atoms with E-state index in [0.29, 0.717) is 22.2 Å². The first-order valence-corrected chi connectivity index (χ1v) is 11.1. The summed E-state index contributed by atoms with van der Waals surface area (Å²) in [5, 5.41) is 3.45. The number of nitrogens with one attached hydrogen (secondary N) is 1. The molecule has 30 heavy (non-hydrogen) atoms. The van der Waals surface area contributed by atoms with Crippen LogP contribution in [-0.2, 0) is 22.4 Å². The van der Waals surface area contributed by atoms with E-state index in [4.69, 9.17) is 9.47 Å². The maximum Gasteiger partial charge on any atom is 0.341 e. The zero-order valence-electron chi connectivity index (χ0n) is 18.7. The first-order chi connectivity index (χ1) is 14.1. The topological polar surface area (TPSA) is 64.6 Å². The molecule has 0 radical (unpaired) electrons. The number of rotatable bonds is 5. The summed E-state index contributed by atoms with van der Waals surface area (Å²) in [7, 11) is 1.38. The van der Waals surface area contributed by atoms with Crippen molar-refractivity contribution in [3.63, 3.8) is 0 Å². The van der Waals surface area contributed by atoms with Crippen LogP contribution in [0.1, 0.15) is 59.1 Å². The number of ether oxygens (including phenoxy) is 2. The maximum absolute atomic E-state index is 12.6. The quantitative estimate of drug-likeness (QED) is 0.653. The second kappa shape index (κ2) is 8.80. The van der Waals surface area contributed by atoms with Gasteiger partial charge in [0.2, 0.25) is 0 Å². The molecule has 1 aromatic carbocycles. The SMILES string of the molecule is COC(=O)c1c(NC(=O)COc2ccc(C)c(C)c2)sc2c1CCC(C(C)(C)C)C2. The van der Waals surface area contributed by atoms with Crippen molar-refractivity contribution in [3.05, 3.63) is 45.3 Å². The average Bonchev–Trinajstić information content (AvgIpc) is 3.04. The van der Waals surface area contributed by atoms with Gasteiger partial charge in [0.25, 0.3) is 5.91 Å². The molecule has 0 bridgehead atoms. The Bertz CT molecular complexity index is 955. The van der Waals surface area contributed by atoms with E-state index < -0.39 is 5.97 Å². The van der Waals surface area contributed by atoms with Gasteiger partial charge in [-0.25, -0.2) is 4.79 Å². The van der Waals surface area contributed by atoms with Gasteiger partial charge in [0.1, 0.15) is 10.8 Å². The van der Waals surface area contributed by atoms with E-state index in [-0.39, 0.29) is 17.9 Å². The Morgan fingerprint density at radius 1 is 1.20 bits per heavy atom. The Kier molecular flexibility index (Phi) is 6.56. The summed E-state index contributed by atoms with van der Waals surface area (Å²) < 4.78 is 10.7. The van der Waals surface area contributed by atoms with E-state index in [0.717, 1.165) is 30.4 Å². The number of carbonyl (C=O) groups is 2. The Morgan fingerprint density at radius 3 is 2.57 bits per heavy atom. The number of aryl methyl sites for hydroxylation is 2. The van der Waals surface area contributed by atoms with Crippen LogP contribution in [0, 0.1) is 25.2 Å². The van der Waals surface area contributed by atoms with Gasteiger partial charge in [-0.05, 0) is 73.3 Å². The van der Waals surface area contributed by atoms with Crippen LogP contribution in [0.2, 0.25) is 0 Å². The molecule has 1 amide bonds. The zero-order valence-corrected chi connectivity index (χ0v) is 19.5. The predicted octanol–water partition coefficient (Wildman–Crippen LogP) is 5.32. The van der Waals surface area contributed by atoms with E-state index in [9.17, 15) is 9.59 Å². The van der Waals surface area contributed by atoms with Crippen molar-refractivity contribution in [2.24, 2.45) is 11.3 Å². The Balaban J connectivity index is 1.76. The van der Waals surface area contributed by atoms with Gasteiger partial charge in [0, 0.05) is 4.88 Å². The molecular weight excluding hydrogens is 398 g/mol. The number of methoxy groups -OCH3 is 1. The van der Waals surface area contributed by atoms with Gasteiger partial charge in [0.05, 0.1) is 12.7 Å². The van der Waals surface area contributed by atoms with Crippen LogP contribution >= 0.6 is 11.3 Å². The fourth-order valence-corrected chi connectivity index (χ4v) is 5.18. The number of hydrogen-bond donors (Lipinski definition) is 1. The standard InChI is InChI=1S/C24H31NO4S/c1-14-7-9-17(11-15(14)2)29-13-20(26)25-22-21(23(27)28-6)18-10-8-16(24(3,4)5)12-19(18)30-22/h7,9,11,16H,8,10,12-13H2,1-6H3,(H,25,26). The number of amides is 1. The lowest BCUT2D eigenvalue weighted by Gasteiger charge is -2.33. The van der Waals surface area contributed by atoms with Crippen LogP contribution in [0.15, 0.2) is 18.2 Å². The molecule has 1 aromatic heterocycles. The summed E-state index contributed by atoms with van der Waals surface area (Å²) in [4.78, 5) is 26.2. The molecule has 1 unspecified atom stereocenters. The van der Waals surface area contributed by atoms with Crippen molar-refractivity contribution >= 4 is 28.2 Å². The first-order valence-electron chi connectivity index (χ1n) is 10.3. The average molecular weight is 430 g/mol. The summed E-state index contributed by atoms with van der Waals surface area (Å²) >= 11 is 1.49. The molecule has 1 aliphatic carbocycles. The van der Waals surface area contributed by atoms with E-state index in [1.807, 2.05) is 32.0 Å². The van der Waals surface area contributed by atoms with E-state index in [1.54, 1.807) is 0 Å². The van der Waals surface area contributed by atoms with Crippen LogP contribution < -0.4 is 10.1 Å². The molecule has 1 atom stereocenters. The number of carbonyl (C=O) groups excluding carboxylic acids is 2. The minimum absolute atomic E-state index is 0.115. The Labute approximate surface area is 182 Å². The molecule has 0 saturated carbocycles. The minimum Gasteiger partial charge on any atom is -0.484 e. The first kappa shape index (κ1) is 22.3. The number of anilines is 1. The molecule has 0 fully saturated rings. The van der Waals surface area contributed by atoms with Crippen molar-refractivity contribution < 1.29 is 19.1 Å². The van der Waals surface area contributed by atoms with Crippen molar-refractivity contribution in [3.8, 4) is 5.75 Å². The highest BCUT2D eigenvalue weighted by Gasteiger charge is 2.34. The van der Waals surface area contributed by atoms with Gasteiger partial charge < -0.3 is 14.8 Å². The Morgan fingerprint density at radius 2 is 1.93 bits per heavy atom. The van der Waals surface area contributed by atoms with E-state index >= 15 is 0 Å². The van der Waals surface area contributed by atoms with Gasteiger partial charge in [-0.3, -0.25) is 4.79 Å². The summed E-state index contributed by atoms with van der Waals surface area (Å²) in [5.74, 6) is 0.516. The van der Waals surface area contributed by atoms with Crippen LogP contribution in [0.25, 0.3) is 0 Å². The van der Waals surface area contributed by atoms with E-state index in [2.05, 4.69) is 26.1 Å². The van der Waals surface area contributed by atoms with Gasteiger partial charge in [0.15, 0.2) is 6.61 Å². The molecule has 0 spiro atoms. The highest BCUT2D eigenvalue weighted by molar-refractivity contribution is 7.17. The van der Waals surface area contributed by atoms with E-state index in [1.165, 1.54) is 28.9 Å². The minimum atomic E-state index is -0.396. The molecular formula is C24H31NO4S. The maximum atomic E-state index is 12.6. The van der Waals surface area contributed by atoms with Crippen LogP contribution in [0.5, 0.6) is 5.75 Å². The lowest BCUT2D eigenvalue weighted by molar-refractivity contribution is -0.118. The fourth-order valence-electron chi connectivity index (χ4n) is 3.85. The van der Waals surface area contributed by atoms with Gasteiger partial charge in [-0.2, -0.15) is 0 Å². The molecule has 162 valence electrons. The van der Waals surface area contributed by atoms with Crippen molar-refractivity contribution in [2.75, 3.05) is 19.0 Å². The summed E-state index contributed by atoms with van der Waals surface area (Å²) in [6, 6.07) is 5.74. The molecule has 0 saturated heterocycles. The lowest BCUT2D eigenvalue weighted by Crippen LogP contribution is -2.26. The number of hydrogen-bond acceptors (Lipinski definition) is 5. The second-order valence-corrected chi connectivity index (χ2v) is 10.2. The number of benzene rings is 1. The highest BCUT2D eigenvalue weighted by atomic mass is 32.1. The molecule has 1 aliphatic rings. The number of fused-ring (bicyclic) bond motifs is 1. The Hall–Kier alpha value is -2.34. The molecule has 1 heterocycles. The van der Waals surface area contributed by atoms with Crippen molar-refractivity contribution in [1.29, 1.82) is 0 Å². The monoisotopic (exact) mass is 429 g/mol.